The molecular weight excluding hydrogens is 280 g/mol. The third kappa shape index (κ3) is 6.74. The van der Waals surface area contributed by atoms with Gasteiger partial charge >= 0.3 is 11.9 Å². The van der Waals surface area contributed by atoms with Gasteiger partial charge in [0.2, 0.25) is 0 Å². The Hall–Kier alpha value is -1.84. The number of esters is 2. The molecule has 0 N–H and O–H groups in total. The van der Waals surface area contributed by atoms with Gasteiger partial charge in [-0.3, -0.25) is 0 Å². The van der Waals surface area contributed by atoms with E-state index in [2.05, 4.69) is 0 Å². The normalized spacial score (nSPS) is 13.5. The molecule has 122 valence electrons. The van der Waals surface area contributed by atoms with Gasteiger partial charge in [-0.25, -0.2) is 9.59 Å². The van der Waals surface area contributed by atoms with Crippen LogP contribution in [0.25, 0.3) is 0 Å². The molecule has 4 nitrogen and oxygen atoms in total. The molecule has 0 bridgehead atoms. The molecule has 1 aliphatic rings. The van der Waals surface area contributed by atoms with Crippen LogP contribution in [-0.2, 0) is 9.47 Å². The highest BCUT2D eigenvalue weighted by molar-refractivity contribution is 5.93. The molecule has 2 rings (SSSR count). The number of ether oxygens (including phenoxy) is 2. The van der Waals surface area contributed by atoms with Crippen LogP contribution in [-0.4, -0.2) is 25.2 Å². The average molecular weight is 306 g/mol. The fourth-order valence-corrected chi connectivity index (χ4v) is 2.23. The minimum atomic E-state index is -0.391. The van der Waals surface area contributed by atoms with Crippen molar-refractivity contribution in [2.24, 2.45) is 0 Å². The lowest BCUT2D eigenvalue weighted by Gasteiger charge is -2.05. The van der Waals surface area contributed by atoms with Crippen LogP contribution in [0.3, 0.4) is 0 Å². The topological polar surface area (TPSA) is 52.6 Å². The Kier molecular flexibility index (Phi) is 8.96. The Labute approximate surface area is 132 Å². The quantitative estimate of drug-likeness (QED) is 0.775. The Balaban J connectivity index is 0.000000335. The van der Waals surface area contributed by atoms with Crippen LogP contribution < -0.4 is 0 Å². The molecule has 0 amide bonds. The lowest BCUT2D eigenvalue weighted by molar-refractivity contribution is 0.0511. The Bertz CT molecular complexity index is 398. The molecule has 0 saturated heterocycles. The zero-order chi connectivity index (χ0) is 16.2. The van der Waals surface area contributed by atoms with Gasteiger partial charge in [0.25, 0.3) is 0 Å². The van der Waals surface area contributed by atoms with Crippen LogP contribution in [0, 0.1) is 0 Å². The van der Waals surface area contributed by atoms with E-state index in [0.29, 0.717) is 24.3 Å². The molecule has 0 radical (unpaired) electrons. The summed E-state index contributed by atoms with van der Waals surface area (Å²) in [5.74, 6) is -0.782. The van der Waals surface area contributed by atoms with E-state index >= 15 is 0 Å². The molecule has 22 heavy (non-hydrogen) atoms. The van der Waals surface area contributed by atoms with Crippen molar-refractivity contribution in [1.29, 1.82) is 0 Å². The fraction of sp³-hybridized carbons (Fsp3) is 0.556. The summed E-state index contributed by atoms with van der Waals surface area (Å²) in [7, 11) is 0. The lowest BCUT2D eigenvalue weighted by Crippen LogP contribution is -2.07. The minimum absolute atomic E-state index is 0.332. The molecule has 0 aromatic heterocycles. The summed E-state index contributed by atoms with van der Waals surface area (Å²) < 4.78 is 9.64. The molecule has 1 aromatic rings. The third-order valence-electron chi connectivity index (χ3n) is 3.41. The molecule has 0 spiro atoms. The Morgan fingerprint density at radius 2 is 1.00 bits per heavy atom. The van der Waals surface area contributed by atoms with Crippen molar-refractivity contribution in [3.8, 4) is 0 Å². The summed E-state index contributed by atoms with van der Waals surface area (Å²) >= 11 is 0. The first-order valence-electron chi connectivity index (χ1n) is 8.13. The SMILES string of the molecule is C1CCCCC1.CCOC(=O)c1ccc(C(=O)OCC)cc1. The predicted molar refractivity (Wildman–Crippen MR) is 86.1 cm³/mol. The Morgan fingerprint density at radius 3 is 1.23 bits per heavy atom. The summed E-state index contributed by atoms with van der Waals surface area (Å²) in [4.78, 5) is 22.6. The maximum atomic E-state index is 11.3. The van der Waals surface area contributed by atoms with Crippen molar-refractivity contribution >= 4 is 11.9 Å². The number of carbonyl (C=O) groups is 2. The first kappa shape index (κ1) is 18.2. The van der Waals surface area contributed by atoms with Crippen LogP contribution in [0.1, 0.15) is 73.1 Å². The summed E-state index contributed by atoms with van der Waals surface area (Å²) in [6, 6.07) is 6.18. The van der Waals surface area contributed by atoms with Gasteiger partial charge in [-0.1, -0.05) is 38.5 Å². The van der Waals surface area contributed by atoms with Gasteiger partial charge < -0.3 is 9.47 Å². The zero-order valence-corrected chi connectivity index (χ0v) is 13.6. The molecule has 1 aromatic carbocycles. The Morgan fingerprint density at radius 1 is 0.727 bits per heavy atom. The number of hydrogen-bond acceptors (Lipinski definition) is 4. The summed E-state index contributed by atoms with van der Waals surface area (Å²) in [6.45, 7) is 4.15. The summed E-state index contributed by atoms with van der Waals surface area (Å²) in [5, 5.41) is 0. The van der Waals surface area contributed by atoms with Crippen LogP contribution >= 0.6 is 0 Å². The zero-order valence-electron chi connectivity index (χ0n) is 13.6. The molecule has 0 aliphatic heterocycles. The number of hydrogen-bond donors (Lipinski definition) is 0. The average Bonchev–Trinajstić information content (AvgIpc) is 2.57. The molecule has 4 heteroatoms. The number of benzene rings is 1. The van der Waals surface area contributed by atoms with Gasteiger partial charge in [0.1, 0.15) is 0 Å². The molecule has 1 aliphatic carbocycles. The van der Waals surface area contributed by atoms with Crippen molar-refractivity contribution in [3.05, 3.63) is 35.4 Å². The van der Waals surface area contributed by atoms with E-state index in [4.69, 9.17) is 9.47 Å². The third-order valence-corrected chi connectivity index (χ3v) is 3.41. The lowest BCUT2D eigenvalue weighted by atomic mass is 10.0. The smallest absolute Gasteiger partial charge is 0.338 e. The monoisotopic (exact) mass is 306 g/mol. The predicted octanol–water partition coefficient (Wildman–Crippen LogP) is 4.38. The molecule has 0 atom stereocenters. The van der Waals surface area contributed by atoms with Crippen molar-refractivity contribution in [2.45, 2.75) is 52.4 Å². The van der Waals surface area contributed by atoms with E-state index in [1.165, 1.54) is 38.5 Å². The van der Waals surface area contributed by atoms with E-state index < -0.39 is 11.9 Å². The standard InChI is InChI=1S/C12H14O4.C6H12/c1-3-15-11(13)9-5-7-10(8-6-9)12(14)16-4-2;1-2-4-6-5-3-1/h5-8H,3-4H2,1-2H3;1-6H2. The largest absolute Gasteiger partial charge is 0.462 e. The first-order valence-corrected chi connectivity index (χ1v) is 8.13. The van der Waals surface area contributed by atoms with Crippen molar-refractivity contribution in [2.75, 3.05) is 13.2 Å². The summed E-state index contributed by atoms with van der Waals surface area (Å²) in [6.07, 6.45) is 9.00. The van der Waals surface area contributed by atoms with E-state index in [1.54, 1.807) is 38.1 Å². The molecule has 0 unspecified atom stereocenters. The van der Waals surface area contributed by atoms with Gasteiger partial charge in [-0.2, -0.15) is 0 Å². The molecule has 0 heterocycles. The highest BCUT2D eigenvalue weighted by Gasteiger charge is 2.09. The van der Waals surface area contributed by atoms with Crippen molar-refractivity contribution < 1.29 is 19.1 Å². The van der Waals surface area contributed by atoms with Crippen molar-refractivity contribution in [1.82, 2.24) is 0 Å². The van der Waals surface area contributed by atoms with E-state index in [0.717, 1.165) is 0 Å². The van der Waals surface area contributed by atoms with Crippen LogP contribution in [0.4, 0.5) is 0 Å². The van der Waals surface area contributed by atoms with Gasteiger partial charge in [0, 0.05) is 0 Å². The second-order valence-electron chi connectivity index (χ2n) is 5.14. The van der Waals surface area contributed by atoms with Crippen LogP contribution in [0.15, 0.2) is 24.3 Å². The van der Waals surface area contributed by atoms with Gasteiger partial charge in [0.05, 0.1) is 24.3 Å². The molecular formula is C18H26O4. The maximum Gasteiger partial charge on any atom is 0.338 e. The van der Waals surface area contributed by atoms with Gasteiger partial charge in [0.15, 0.2) is 0 Å². The minimum Gasteiger partial charge on any atom is -0.462 e. The molecule has 1 fully saturated rings. The number of carbonyl (C=O) groups excluding carboxylic acids is 2. The highest BCUT2D eigenvalue weighted by atomic mass is 16.5. The fourth-order valence-electron chi connectivity index (χ4n) is 2.23. The van der Waals surface area contributed by atoms with Crippen LogP contribution in [0.2, 0.25) is 0 Å². The van der Waals surface area contributed by atoms with Gasteiger partial charge in [-0.15, -0.1) is 0 Å². The molecule has 1 saturated carbocycles. The van der Waals surface area contributed by atoms with E-state index in [1.807, 2.05) is 0 Å². The second kappa shape index (κ2) is 10.8. The van der Waals surface area contributed by atoms with E-state index in [9.17, 15) is 9.59 Å². The van der Waals surface area contributed by atoms with Crippen molar-refractivity contribution in [3.63, 3.8) is 0 Å². The maximum absolute atomic E-state index is 11.3. The van der Waals surface area contributed by atoms with Crippen LogP contribution in [0.5, 0.6) is 0 Å². The number of rotatable bonds is 4. The summed E-state index contributed by atoms with van der Waals surface area (Å²) in [5.41, 5.74) is 0.852. The first-order chi connectivity index (χ1) is 10.7. The van der Waals surface area contributed by atoms with E-state index in [-0.39, 0.29) is 0 Å². The highest BCUT2D eigenvalue weighted by Crippen LogP contribution is 2.15. The van der Waals surface area contributed by atoms with Gasteiger partial charge in [-0.05, 0) is 38.1 Å². The second-order valence-corrected chi connectivity index (χ2v) is 5.14.